The van der Waals surface area contributed by atoms with Crippen molar-refractivity contribution in [2.45, 2.75) is 19.3 Å². The highest BCUT2D eigenvalue weighted by molar-refractivity contribution is 6.17. The van der Waals surface area contributed by atoms with Crippen LogP contribution in [0.5, 0.6) is 0 Å². The van der Waals surface area contributed by atoms with E-state index < -0.39 is 0 Å². The molecule has 0 atom stereocenters. The third kappa shape index (κ3) is 5.25. The first-order valence-electron chi connectivity index (χ1n) is 5.11. The number of rotatable bonds is 7. The molecule has 0 fully saturated rings. The maximum Gasteiger partial charge on any atom is 0.0477 e. The summed E-state index contributed by atoms with van der Waals surface area (Å²) in [7, 11) is 0. The summed E-state index contributed by atoms with van der Waals surface area (Å²) in [5.74, 6) is 0.693. The largest absolute Gasteiger partial charge is 0.381 e. The highest BCUT2D eigenvalue weighted by Gasteiger charge is 1.92. The first kappa shape index (κ1) is 11.5. The molecule has 2 heteroatoms. The molecule has 1 nitrogen and oxygen atoms in total. The summed E-state index contributed by atoms with van der Waals surface area (Å²) in [6, 6.07) is 10.5. The van der Waals surface area contributed by atoms with Crippen molar-refractivity contribution >= 4 is 11.6 Å². The predicted molar refractivity (Wildman–Crippen MR) is 60.9 cm³/mol. The predicted octanol–water partition coefficient (Wildman–Crippen LogP) is 3.26. The van der Waals surface area contributed by atoms with Gasteiger partial charge in [0.1, 0.15) is 0 Å². The summed E-state index contributed by atoms with van der Waals surface area (Å²) in [4.78, 5) is 0. The average Bonchev–Trinajstić information content (AvgIpc) is 2.25. The summed E-state index contributed by atoms with van der Waals surface area (Å²) in [6.07, 6.45) is 3.14. The topological polar surface area (TPSA) is 9.23 Å². The smallest absolute Gasteiger partial charge is 0.0477 e. The van der Waals surface area contributed by atoms with Gasteiger partial charge in [0, 0.05) is 19.1 Å². The zero-order valence-electron chi connectivity index (χ0n) is 8.42. The number of hydrogen-bond acceptors (Lipinski definition) is 1. The van der Waals surface area contributed by atoms with Gasteiger partial charge in [-0.3, -0.25) is 0 Å². The summed E-state index contributed by atoms with van der Waals surface area (Å²) in [5.41, 5.74) is 1.38. The molecule has 0 aromatic heterocycles. The lowest BCUT2D eigenvalue weighted by molar-refractivity contribution is 0.133. The maximum absolute atomic E-state index is 5.53. The van der Waals surface area contributed by atoms with Crippen molar-refractivity contribution in [3.63, 3.8) is 0 Å². The van der Waals surface area contributed by atoms with Gasteiger partial charge in [-0.15, -0.1) is 11.6 Å². The van der Waals surface area contributed by atoms with Gasteiger partial charge < -0.3 is 4.74 Å². The molecule has 14 heavy (non-hydrogen) atoms. The lowest BCUT2D eigenvalue weighted by atomic mass is 10.1. The molecule has 0 bridgehead atoms. The first-order valence-corrected chi connectivity index (χ1v) is 5.64. The van der Waals surface area contributed by atoms with E-state index in [4.69, 9.17) is 16.3 Å². The van der Waals surface area contributed by atoms with E-state index in [2.05, 4.69) is 24.3 Å². The van der Waals surface area contributed by atoms with E-state index in [0.717, 1.165) is 32.5 Å². The third-order valence-electron chi connectivity index (χ3n) is 2.02. The fourth-order valence-electron chi connectivity index (χ4n) is 1.28. The van der Waals surface area contributed by atoms with Gasteiger partial charge in [-0.1, -0.05) is 30.3 Å². The van der Waals surface area contributed by atoms with Crippen LogP contribution in [-0.4, -0.2) is 19.1 Å². The Hall–Kier alpha value is -0.530. The standard InChI is InChI=1S/C12H17ClO/c13-9-5-11-14-10-4-8-12-6-2-1-3-7-12/h1-3,6-7H,4-5,8-11H2. The molecule has 0 saturated heterocycles. The van der Waals surface area contributed by atoms with Crippen molar-refractivity contribution < 1.29 is 4.74 Å². The highest BCUT2D eigenvalue weighted by Crippen LogP contribution is 2.02. The van der Waals surface area contributed by atoms with Crippen LogP contribution in [0.2, 0.25) is 0 Å². The number of benzene rings is 1. The molecule has 0 amide bonds. The van der Waals surface area contributed by atoms with E-state index in [1.54, 1.807) is 0 Å². The number of hydrogen-bond donors (Lipinski definition) is 0. The van der Waals surface area contributed by atoms with Gasteiger partial charge in [0.25, 0.3) is 0 Å². The maximum atomic E-state index is 5.53. The van der Waals surface area contributed by atoms with Gasteiger partial charge in [-0.2, -0.15) is 0 Å². The first-order chi connectivity index (χ1) is 6.93. The number of halogens is 1. The Morgan fingerprint density at radius 3 is 2.43 bits per heavy atom. The highest BCUT2D eigenvalue weighted by atomic mass is 35.5. The van der Waals surface area contributed by atoms with E-state index in [-0.39, 0.29) is 0 Å². The fourth-order valence-corrected chi connectivity index (χ4v) is 1.39. The zero-order valence-corrected chi connectivity index (χ0v) is 9.17. The van der Waals surface area contributed by atoms with E-state index in [1.165, 1.54) is 5.56 Å². The Kier molecular flexibility index (Phi) is 6.46. The van der Waals surface area contributed by atoms with Crippen LogP contribution in [0.3, 0.4) is 0 Å². The molecule has 1 aromatic rings. The van der Waals surface area contributed by atoms with Gasteiger partial charge in [-0.25, -0.2) is 0 Å². The van der Waals surface area contributed by atoms with E-state index in [9.17, 15) is 0 Å². The van der Waals surface area contributed by atoms with Gasteiger partial charge in [0.05, 0.1) is 0 Å². The van der Waals surface area contributed by atoms with E-state index in [0.29, 0.717) is 5.88 Å². The molecule has 0 unspecified atom stereocenters. The molecule has 0 aliphatic heterocycles. The van der Waals surface area contributed by atoms with Crippen LogP contribution in [0.4, 0.5) is 0 Å². The van der Waals surface area contributed by atoms with E-state index in [1.807, 2.05) is 6.07 Å². The molecular formula is C12H17ClO. The van der Waals surface area contributed by atoms with Crippen LogP contribution >= 0.6 is 11.6 Å². The molecule has 1 aromatic carbocycles. The molecule has 0 spiro atoms. The van der Waals surface area contributed by atoms with Crippen LogP contribution in [0.25, 0.3) is 0 Å². The quantitative estimate of drug-likeness (QED) is 0.498. The van der Waals surface area contributed by atoms with Crippen molar-refractivity contribution in [2.75, 3.05) is 19.1 Å². The summed E-state index contributed by atoms with van der Waals surface area (Å²) >= 11 is 5.53. The summed E-state index contributed by atoms with van der Waals surface area (Å²) in [6.45, 7) is 1.63. The second-order valence-electron chi connectivity index (χ2n) is 3.24. The molecule has 0 heterocycles. The van der Waals surface area contributed by atoms with Crippen molar-refractivity contribution in [1.82, 2.24) is 0 Å². The zero-order chi connectivity index (χ0) is 10.1. The van der Waals surface area contributed by atoms with E-state index >= 15 is 0 Å². The number of alkyl halides is 1. The lowest BCUT2D eigenvalue weighted by Gasteiger charge is -2.02. The van der Waals surface area contributed by atoms with Crippen molar-refractivity contribution in [3.05, 3.63) is 35.9 Å². The molecule has 0 N–H and O–H groups in total. The van der Waals surface area contributed by atoms with Crippen LogP contribution in [0, 0.1) is 0 Å². The minimum atomic E-state index is 0.693. The Balaban J connectivity index is 1.99. The lowest BCUT2D eigenvalue weighted by Crippen LogP contribution is -1.99. The van der Waals surface area contributed by atoms with Crippen molar-refractivity contribution in [2.24, 2.45) is 0 Å². The molecule has 78 valence electrons. The van der Waals surface area contributed by atoms with Crippen molar-refractivity contribution in [3.8, 4) is 0 Å². The monoisotopic (exact) mass is 212 g/mol. The van der Waals surface area contributed by atoms with Crippen LogP contribution in [0.15, 0.2) is 30.3 Å². The molecule has 0 aliphatic carbocycles. The van der Waals surface area contributed by atoms with Gasteiger partial charge in [-0.05, 0) is 24.8 Å². The van der Waals surface area contributed by atoms with Crippen LogP contribution in [0.1, 0.15) is 18.4 Å². The second-order valence-corrected chi connectivity index (χ2v) is 3.62. The third-order valence-corrected chi connectivity index (χ3v) is 2.29. The van der Waals surface area contributed by atoms with Crippen molar-refractivity contribution in [1.29, 1.82) is 0 Å². The Bertz CT molecular complexity index is 223. The Labute approximate surface area is 91.0 Å². The SMILES string of the molecule is ClCCCOCCCc1ccccc1. The van der Waals surface area contributed by atoms with Gasteiger partial charge in [0.2, 0.25) is 0 Å². The average molecular weight is 213 g/mol. The molecule has 0 saturated carbocycles. The number of aryl methyl sites for hydroxylation is 1. The minimum Gasteiger partial charge on any atom is -0.381 e. The van der Waals surface area contributed by atoms with Gasteiger partial charge >= 0.3 is 0 Å². The fraction of sp³-hybridized carbons (Fsp3) is 0.500. The summed E-state index contributed by atoms with van der Waals surface area (Å²) < 4.78 is 5.41. The normalized spacial score (nSPS) is 10.4. The molecular weight excluding hydrogens is 196 g/mol. The number of ether oxygens (including phenoxy) is 1. The second kappa shape index (κ2) is 7.84. The Morgan fingerprint density at radius 2 is 1.71 bits per heavy atom. The minimum absolute atomic E-state index is 0.693. The molecule has 1 rings (SSSR count). The van der Waals surface area contributed by atoms with Crippen LogP contribution in [-0.2, 0) is 11.2 Å². The van der Waals surface area contributed by atoms with Gasteiger partial charge in [0.15, 0.2) is 0 Å². The molecule has 0 radical (unpaired) electrons. The van der Waals surface area contributed by atoms with Crippen LogP contribution < -0.4 is 0 Å². The summed E-state index contributed by atoms with van der Waals surface area (Å²) in [5, 5.41) is 0. The molecule has 0 aliphatic rings. The Morgan fingerprint density at radius 1 is 1.00 bits per heavy atom.